The molecular formula is C16H18FN7O2S. The molecule has 0 radical (unpaired) electrons. The summed E-state index contributed by atoms with van der Waals surface area (Å²) in [5.74, 6) is 0.155. The Morgan fingerprint density at radius 1 is 1.26 bits per heavy atom. The van der Waals surface area contributed by atoms with Crippen LogP contribution in [0.3, 0.4) is 0 Å². The fraction of sp³-hybridized carbons (Fsp3) is 0.250. The summed E-state index contributed by atoms with van der Waals surface area (Å²) in [6.45, 7) is 0. The van der Waals surface area contributed by atoms with E-state index in [2.05, 4.69) is 25.4 Å². The van der Waals surface area contributed by atoms with Crippen molar-refractivity contribution in [3.63, 3.8) is 0 Å². The number of fused-ring (bicyclic) bond motifs is 1. The van der Waals surface area contributed by atoms with Crippen molar-refractivity contribution in [3.8, 4) is 0 Å². The van der Waals surface area contributed by atoms with E-state index >= 15 is 0 Å². The summed E-state index contributed by atoms with van der Waals surface area (Å²) in [7, 11) is -3.60. The zero-order valence-corrected chi connectivity index (χ0v) is 15.2. The maximum absolute atomic E-state index is 13.9. The number of nitrogen functional groups attached to an aromatic ring is 1. The summed E-state index contributed by atoms with van der Waals surface area (Å²) in [5, 5.41) is 10.8. The lowest BCUT2D eigenvalue weighted by Crippen LogP contribution is -2.11. The van der Waals surface area contributed by atoms with E-state index in [9.17, 15) is 12.8 Å². The predicted molar refractivity (Wildman–Crippen MR) is 102 cm³/mol. The topological polar surface area (TPSA) is 126 Å². The first-order chi connectivity index (χ1) is 12.8. The van der Waals surface area contributed by atoms with Crippen LogP contribution in [0.15, 0.2) is 30.5 Å². The minimum absolute atomic E-state index is 0.151. The first-order valence-corrected chi connectivity index (χ1v) is 10.1. The van der Waals surface area contributed by atoms with Gasteiger partial charge >= 0.3 is 0 Å². The van der Waals surface area contributed by atoms with Crippen molar-refractivity contribution in [1.82, 2.24) is 14.6 Å². The van der Waals surface area contributed by atoms with Crippen LogP contribution in [0.25, 0.3) is 5.65 Å². The minimum Gasteiger partial charge on any atom is -0.382 e. The van der Waals surface area contributed by atoms with E-state index in [0.717, 1.165) is 24.8 Å². The summed E-state index contributed by atoms with van der Waals surface area (Å²) in [4.78, 5) is 4.27. The number of hydrogen-bond donors (Lipinski definition) is 4. The molecule has 3 aromatic rings. The molecule has 1 aliphatic rings. The highest BCUT2D eigenvalue weighted by molar-refractivity contribution is 7.92. The lowest BCUT2D eigenvalue weighted by molar-refractivity contribution is 0.604. The molecule has 1 saturated carbocycles. The van der Waals surface area contributed by atoms with Crippen LogP contribution in [0.5, 0.6) is 0 Å². The molecule has 0 aliphatic heterocycles. The fourth-order valence-corrected chi connectivity index (χ4v) is 3.19. The van der Waals surface area contributed by atoms with Gasteiger partial charge in [0, 0.05) is 17.8 Å². The van der Waals surface area contributed by atoms with Crippen LogP contribution in [-0.4, -0.2) is 35.3 Å². The molecular weight excluding hydrogens is 373 g/mol. The number of aromatic nitrogens is 3. The van der Waals surface area contributed by atoms with Gasteiger partial charge in [-0.15, -0.1) is 5.10 Å². The Morgan fingerprint density at radius 3 is 2.74 bits per heavy atom. The van der Waals surface area contributed by atoms with Gasteiger partial charge in [0.2, 0.25) is 10.0 Å². The van der Waals surface area contributed by atoms with Gasteiger partial charge in [0.15, 0.2) is 11.5 Å². The second-order valence-corrected chi connectivity index (χ2v) is 8.22. The highest BCUT2D eigenvalue weighted by atomic mass is 32.2. The molecule has 11 heteroatoms. The average molecular weight is 391 g/mol. The van der Waals surface area contributed by atoms with Gasteiger partial charge < -0.3 is 16.4 Å². The van der Waals surface area contributed by atoms with E-state index in [0.29, 0.717) is 29.0 Å². The number of anilines is 5. The summed E-state index contributed by atoms with van der Waals surface area (Å²) in [6.07, 6.45) is 4.66. The third kappa shape index (κ3) is 3.87. The lowest BCUT2D eigenvalue weighted by Gasteiger charge is -2.12. The Morgan fingerprint density at radius 2 is 2.04 bits per heavy atom. The van der Waals surface area contributed by atoms with Gasteiger partial charge in [0.25, 0.3) is 0 Å². The highest BCUT2D eigenvalue weighted by Crippen LogP contribution is 2.30. The molecule has 2 heterocycles. The van der Waals surface area contributed by atoms with Crippen LogP contribution in [-0.2, 0) is 10.0 Å². The van der Waals surface area contributed by atoms with E-state index in [1.54, 1.807) is 6.07 Å². The quantitative estimate of drug-likeness (QED) is 0.507. The molecule has 9 nitrogen and oxygen atoms in total. The minimum atomic E-state index is -3.60. The van der Waals surface area contributed by atoms with E-state index in [4.69, 9.17) is 5.73 Å². The Hall–Kier alpha value is -3.08. The van der Waals surface area contributed by atoms with Crippen LogP contribution >= 0.6 is 0 Å². The van der Waals surface area contributed by atoms with E-state index < -0.39 is 15.8 Å². The zero-order chi connectivity index (χ0) is 19.2. The monoisotopic (exact) mass is 391 g/mol. The molecule has 0 amide bonds. The maximum atomic E-state index is 13.9. The van der Waals surface area contributed by atoms with Gasteiger partial charge in [0.1, 0.15) is 11.6 Å². The normalized spacial score (nSPS) is 14.3. The standard InChI is InChI=1S/C16H18FN7O2S/c1-27(25,26)23-12-6-10(4-5-11(12)17)21-15-7-13(20-9-2-3-9)16-19-8-14(18)24(16)22-15/h4-9,20,23H,2-3,18H2,1H3,(H,21,22). The van der Waals surface area contributed by atoms with E-state index in [1.165, 1.54) is 28.9 Å². The van der Waals surface area contributed by atoms with Crippen molar-refractivity contribution in [2.45, 2.75) is 18.9 Å². The van der Waals surface area contributed by atoms with Crippen molar-refractivity contribution in [3.05, 3.63) is 36.3 Å². The zero-order valence-electron chi connectivity index (χ0n) is 14.4. The molecule has 27 heavy (non-hydrogen) atoms. The fourth-order valence-electron chi connectivity index (χ4n) is 2.63. The summed E-state index contributed by atoms with van der Waals surface area (Å²) in [5.41, 5.74) is 7.63. The SMILES string of the molecule is CS(=O)(=O)Nc1cc(Nc2cc(NC3CC3)c3ncc(N)n3n2)ccc1F. The second kappa shape index (κ2) is 6.27. The number of sulfonamides is 1. The van der Waals surface area contributed by atoms with Gasteiger partial charge in [-0.25, -0.2) is 17.8 Å². The summed E-state index contributed by atoms with van der Waals surface area (Å²) in [6, 6.07) is 6.20. The molecule has 4 rings (SSSR count). The third-order valence-electron chi connectivity index (χ3n) is 3.97. The molecule has 2 aromatic heterocycles. The van der Waals surface area contributed by atoms with Crippen LogP contribution < -0.4 is 21.1 Å². The number of imidazole rings is 1. The molecule has 0 atom stereocenters. The number of nitrogens with one attached hydrogen (secondary N) is 3. The van der Waals surface area contributed by atoms with Crippen LogP contribution in [0, 0.1) is 5.82 Å². The first-order valence-electron chi connectivity index (χ1n) is 8.24. The van der Waals surface area contributed by atoms with Crippen molar-refractivity contribution < 1.29 is 12.8 Å². The van der Waals surface area contributed by atoms with Crippen molar-refractivity contribution in [2.75, 3.05) is 27.3 Å². The Kier molecular flexibility index (Phi) is 4.02. The molecule has 0 unspecified atom stereocenters. The number of nitrogens with two attached hydrogens (primary N) is 1. The molecule has 0 bridgehead atoms. The largest absolute Gasteiger partial charge is 0.382 e. The molecule has 142 valence electrons. The van der Waals surface area contributed by atoms with Gasteiger partial charge in [-0.1, -0.05) is 0 Å². The number of nitrogens with zero attached hydrogens (tertiary/aromatic N) is 3. The number of benzene rings is 1. The van der Waals surface area contributed by atoms with Gasteiger partial charge in [-0.2, -0.15) is 4.52 Å². The molecule has 1 aromatic carbocycles. The Bertz CT molecular complexity index is 1130. The molecule has 5 N–H and O–H groups in total. The number of halogens is 1. The summed E-state index contributed by atoms with van der Waals surface area (Å²) < 4.78 is 40.3. The number of hydrogen-bond acceptors (Lipinski definition) is 7. The number of rotatable bonds is 6. The molecule has 0 saturated heterocycles. The van der Waals surface area contributed by atoms with Gasteiger partial charge in [-0.3, -0.25) is 4.72 Å². The van der Waals surface area contributed by atoms with Crippen molar-refractivity contribution in [1.29, 1.82) is 0 Å². The van der Waals surface area contributed by atoms with Gasteiger partial charge in [-0.05, 0) is 31.0 Å². The van der Waals surface area contributed by atoms with Crippen molar-refractivity contribution in [2.24, 2.45) is 0 Å². The van der Waals surface area contributed by atoms with Crippen LogP contribution in [0.2, 0.25) is 0 Å². The second-order valence-electron chi connectivity index (χ2n) is 6.47. The van der Waals surface area contributed by atoms with Crippen LogP contribution in [0.1, 0.15) is 12.8 Å². The molecule has 1 aliphatic carbocycles. The Balaban J connectivity index is 1.68. The smallest absolute Gasteiger partial charge is 0.229 e. The highest BCUT2D eigenvalue weighted by Gasteiger charge is 2.23. The molecule has 1 fully saturated rings. The lowest BCUT2D eigenvalue weighted by atomic mass is 10.2. The first kappa shape index (κ1) is 17.3. The average Bonchev–Trinajstić information content (AvgIpc) is 3.31. The molecule has 0 spiro atoms. The third-order valence-corrected chi connectivity index (χ3v) is 4.56. The predicted octanol–water partition coefficient (Wildman–Crippen LogP) is 2.14. The van der Waals surface area contributed by atoms with E-state index in [1.807, 2.05) is 0 Å². The van der Waals surface area contributed by atoms with Gasteiger partial charge in [0.05, 0.1) is 23.8 Å². The summed E-state index contributed by atoms with van der Waals surface area (Å²) >= 11 is 0. The van der Waals surface area contributed by atoms with Crippen LogP contribution in [0.4, 0.5) is 33.1 Å². The Labute approximate surface area is 154 Å². The maximum Gasteiger partial charge on any atom is 0.229 e. The van der Waals surface area contributed by atoms with Crippen molar-refractivity contribution >= 4 is 44.4 Å². The van der Waals surface area contributed by atoms with E-state index in [-0.39, 0.29) is 5.69 Å².